The van der Waals surface area contributed by atoms with E-state index in [1.165, 1.54) is 0 Å². The molecule has 0 bridgehead atoms. The van der Waals surface area contributed by atoms with Gasteiger partial charge < -0.3 is 0 Å². The van der Waals surface area contributed by atoms with E-state index in [2.05, 4.69) is 20.9 Å². The Hall–Kier alpha value is -0.890. The van der Waals surface area contributed by atoms with Gasteiger partial charge in [0.25, 0.3) is 0 Å². The number of pyridine rings is 1. The first kappa shape index (κ1) is 10.6. The average Bonchev–Trinajstić information content (AvgIpc) is 2.65. The number of halogens is 2. The third-order valence-corrected chi connectivity index (χ3v) is 3.73. The normalized spacial score (nSPS) is 9.93. The zero-order chi connectivity index (χ0) is 10.8. The summed E-state index contributed by atoms with van der Waals surface area (Å²) in [6.07, 6.45) is 0. The average molecular weight is 300 g/mol. The van der Waals surface area contributed by atoms with E-state index in [0.717, 1.165) is 14.4 Å². The van der Waals surface area contributed by atoms with Gasteiger partial charge in [0.15, 0.2) is 0 Å². The number of hydrogen-bond acceptors (Lipinski definition) is 3. The van der Waals surface area contributed by atoms with Crippen molar-refractivity contribution >= 4 is 38.9 Å². The molecule has 0 fully saturated rings. The topological polar surface area (TPSA) is 36.7 Å². The Morgan fingerprint density at radius 1 is 1.33 bits per heavy atom. The van der Waals surface area contributed by atoms with Crippen LogP contribution in [0.3, 0.4) is 0 Å². The molecule has 0 amide bonds. The minimum atomic E-state index is 0.250. The number of hydrogen-bond donors (Lipinski definition) is 0. The van der Waals surface area contributed by atoms with Crippen molar-refractivity contribution in [1.82, 2.24) is 4.98 Å². The van der Waals surface area contributed by atoms with Gasteiger partial charge in [-0.2, -0.15) is 5.26 Å². The summed E-state index contributed by atoms with van der Waals surface area (Å²) in [7, 11) is 0. The molecule has 0 saturated heterocycles. The first-order valence-electron chi connectivity index (χ1n) is 4.03. The monoisotopic (exact) mass is 298 g/mol. The van der Waals surface area contributed by atoms with Crippen LogP contribution in [0.15, 0.2) is 28.1 Å². The van der Waals surface area contributed by atoms with Crippen molar-refractivity contribution in [3.63, 3.8) is 0 Å². The number of nitriles is 1. The molecule has 0 aromatic carbocycles. The second kappa shape index (κ2) is 4.31. The molecule has 0 atom stereocenters. The minimum absolute atomic E-state index is 0.250. The molecule has 0 N–H and O–H groups in total. The highest BCUT2D eigenvalue weighted by Gasteiger charge is 2.06. The van der Waals surface area contributed by atoms with Gasteiger partial charge in [-0.15, -0.1) is 11.3 Å². The quantitative estimate of drug-likeness (QED) is 0.743. The second-order valence-corrected chi connectivity index (χ2v) is 5.57. The number of nitrogens with zero attached hydrogens (tertiary/aromatic N) is 2. The molecule has 2 nitrogen and oxygen atoms in total. The van der Waals surface area contributed by atoms with Crippen LogP contribution in [0.25, 0.3) is 10.6 Å². The molecule has 0 aliphatic heterocycles. The lowest BCUT2D eigenvalue weighted by Crippen LogP contribution is -1.85. The van der Waals surface area contributed by atoms with Crippen LogP contribution in [0.4, 0.5) is 0 Å². The molecular formula is C10H4BrClN2S. The van der Waals surface area contributed by atoms with Crippen LogP contribution in [0.1, 0.15) is 5.56 Å². The molecule has 0 saturated carbocycles. The third kappa shape index (κ3) is 2.20. The predicted molar refractivity (Wildman–Crippen MR) is 65.0 cm³/mol. The Labute approximate surface area is 104 Å². The van der Waals surface area contributed by atoms with E-state index in [0.29, 0.717) is 5.56 Å². The first-order chi connectivity index (χ1) is 7.20. The fourth-order valence-electron chi connectivity index (χ4n) is 1.11. The van der Waals surface area contributed by atoms with Crippen molar-refractivity contribution in [1.29, 1.82) is 5.26 Å². The molecule has 74 valence electrons. The first-order valence-corrected chi connectivity index (χ1v) is 6.02. The Morgan fingerprint density at radius 2 is 2.13 bits per heavy atom. The van der Waals surface area contributed by atoms with Crippen LogP contribution in [0, 0.1) is 11.3 Å². The molecule has 2 heterocycles. The van der Waals surface area contributed by atoms with E-state index >= 15 is 0 Å². The van der Waals surface area contributed by atoms with Gasteiger partial charge >= 0.3 is 0 Å². The van der Waals surface area contributed by atoms with E-state index < -0.39 is 0 Å². The Bertz CT molecular complexity index is 545. The minimum Gasteiger partial charge on any atom is -0.234 e. The van der Waals surface area contributed by atoms with Crippen LogP contribution in [0.2, 0.25) is 5.15 Å². The molecule has 5 heteroatoms. The van der Waals surface area contributed by atoms with E-state index in [9.17, 15) is 0 Å². The maximum atomic E-state index is 8.70. The van der Waals surface area contributed by atoms with E-state index in [-0.39, 0.29) is 5.15 Å². The van der Waals surface area contributed by atoms with E-state index in [1.54, 1.807) is 23.5 Å². The van der Waals surface area contributed by atoms with Crippen LogP contribution >= 0.6 is 38.9 Å². The molecule has 2 aromatic rings. The van der Waals surface area contributed by atoms with Gasteiger partial charge in [-0.1, -0.05) is 11.6 Å². The SMILES string of the molecule is N#Cc1ccc(-c2ccc(Br)s2)nc1Cl. The number of aromatic nitrogens is 1. The smallest absolute Gasteiger partial charge is 0.147 e. The fourth-order valence-corrected chi connectivity index (χ4v) is 2.66. The summed E-state index contributed by atoms with van der Waals surface area (Å²) in [5.41, 5.74) is 1.19. The summed E-state index contributed by atoms with van der Waals surface area (Å²) in [5.74, 6) is 0. The molecule has 0 aliphatic rings. The summed E-state index contributed by atoms with van der Waals surface area (Å²) in [4.78, 5) is 5.18. The lowest BCUT2D eigenvalue weighted by Gasteiger charge is -1.98. The third-order valence-electron chi connectivity index (χ3n) is 1.79. The summed E-state index contributed by atoms with van der Waals surface area (Å²) < 4.78 is 1.04. The highest BCUT2D eigenvalue weighted by Crippen LogP contribution is 2.31. The van der Waals surface area contributed by atoms with Gasteiger partial charge in [0.05, 0.1) is 19.9 Å². The Kier molecular flexibility index (Phi) is 3.06. The zero-order valence-corrected chi connectivity index (χ0v) is 10.5. The molecule has 2 rings (SSSR count). The van der Waals surface area contributed by atoms with E-state index in [1.807, 2.05) is 18.2 Å². The van der Waals surface area contributed by atoms with Gasteiger partial charge in [-0.05, 0) is 40.2 Å². The molecule has 0 unspecified atom stereocenters. The van der Waals surface area contributed by atoms with Crippen molar-refractivity contribution in [3.8, 4) is 16.6 Å². The molecule has 0 spiro atoms. The number of rotatable bonds is 1. The lowest BCUT2D eigenvalue weighted by molar-refractivity contribution is 1.31. The Balaban J connectivity index is 2.48. The second-order valence-electron chi connectivity index (χ2n) is 2.75. The summed E-state index contributed by atoms with van der Waals surface area (Å²) in [6.45, 7) is 0. The molecule has 15 heavy (non-hydrogen) atoms. The van der Waals surface area contributed by atoms with E-state index in [4.69, 9.17) is 16.9 Å². The number of thiophene rings is 1. The van der Waals surface area contributed by atoms with Crippen LogP contribution < -0.4 is 0 Å². The highest BCUT2D eigenvalue weighted by molar-refractivity contribution is 9.11. The zero-order valence-electron chi connectivity index (χ0n) is 7.37. The van der Waals surface area contributed by atoms with Gasteiger partial charge in [0, 0.05) is 0 Å². The standard InChI is InChI=1S/C10H4BrClN2S/c11-9-4-3-8(15-9)7-2-1-6(5-13)10(12)14-7/h1-4H. The van der Waals surface area contributed by atoms with Crippen LogP contribution in [-0.4, -0.2) is 4.98 Å². The van der Waals surface area contributed by atoms with Gasteiger partial charge in [-0.25, -0.2) is 4.98 Å². The van der Waals surface area contributed by atoms with Gasteiger partial charge in [0.2, 0.25) is 0 Å². The highest BCUT2D eigenvalue weighted by atomic mass is 79.9. The van der Waals surface area contributed by atoms with Crippen LogP contribution in [-0.2, 0) is 0 Å². The van der Waals surface area contributed by atoms with Crippen molar-refractivity contribution in [2.24, 2.45) is 0 Å². The summed E-state index contributed by atoms with van der Waals surface area (Å²) in [5, 5.41) is 8.95. The van der Waals surface area contributed by atoms with Gasteiger partial charge in [0.1, 0.15) is 11.2 Å². The molecule has 0 radical (unpaired) electrons. The summed E-state index contributed by atoms with van der Waals surface area (Å²) >= 11 is 10.8. The lowest BCUT2D eigenvalue weighted by atomic mass is 10.2. The van der Waals surface area contributed by atoms with Crippen molar-refractivity contribution < 1.29 is 0 Å². The fraction of sp³-hybridized carbons (Fsp3) is 0. The van der Waals surface area contributed by atoms with Gasteiger partial charge in [-0.3, -0.25) is 0 Å². The molecular weight excluding hydrogens is 296 g/mol. The maximum absolute atomic E-state index is 8.70. The maximum Gasteiger partial charge on any atom is 0.147 e. The Morgan fingerprint density at radius 3 is 2.67 bits per heavy atom. The largest absolute Gasteiger partial charge is 0.234 e. The summed E-state index contributed by atoms with van der Waals surface area (Å²) in [6, 6.07) is 9.36. The molecule has 0 aliphatic carbocycles. The molecule has 2 aromatic heterocycles. The van der Waals surface area contributed by atoms with Crippen LogP contribution in [0.5, 0.6) is 0 Å². The van der Waals surface area contributed by atoms with Crippen molar-refractivity contribution in [2.45, 2.75) is 0 Å². The van der Waals surface area contributed by atoms with Crippen molar-refractivity contribution in [2.75, 3.05) is 0 Å². The predicted octanol–water partition coefficient (Wildman–Crippen LogP) is 4.10. The van der Waals surface area contributed by atoms with Crippen molar-refractivity contribution in [3.05, 3.63) is 38.8 Å².